The number of nitrogens with zero attached hydrogens (tertiary/aromatic N) is 2. The van der Waals surface area contributed by atoms with Crippen molar-refractivity contribution in [2.24, 2.45) is 0 Å². The molecule has 3 nitrogen and oxygen atoms in total. The molecule has 0 unspecified atom stereocenters. The van der Waals surface area contributed by atoms with Crippen LogP contribution >= 0.6 is 0 Å². The molecule has 0 aliphatic heterocycles. The highest BCUT2D eigenvalue weighted by atomic mass is 19.4. The van der Waals surface area contributed by atoms with Gasteiger partial charge in [0.15, 0.2) is 0 Å². The van der Waals surface area contributed by atoms with Crippen LogP contribution in [0.3, 0.4) is 0 Å². The Labute approximate surface area is 115 Å². The lowest BCUT2D eigenvalue weighted by atomic mass is 10.2. The number of alkyl halides is 3. The van der Waals surface area contributed by atoms with Crippen LogP contribution in [0.5, 0.6) is 0 Å². The molecule has 20 heavy (non-hydrogen) atoms. The molecule has 0 bridgehead atoms. The van der Waals surface area contributed by atoms with Gasteiger partial charge in [-0.2, -0.15) is 18.3 Å². The SMILES string of the molecule is FC(F)(F)CCNCc1cnn(Cc2ccccc2)c1. The fourth-order valence-electron chi connectivity index (χ4n) is 1.82. The summed E-state index contributed by atoms with van der Waals surface area (Å²) in [5, 5.41) is 6.96. The van der Waals surface area contributed by atoms with E-state index in [2.05, 4.69) is 10.4 Å². The first-order valence-electron chi connectivity index (χ1n) is 6.36. The van der Waals surface area contributed by atoms with Crippen molar-refractivity contribution in [3.05, 3.63) is 53.9 Å². The van der Waals surface area contributed by atoms with Crippen LogP contribution in [-0.2, 0) is 13.1 Å². The van der Waals surface area contributed by atoms with E-state index in [9.17, 15) is 13.2 Å². The van der Waals surface area contributed by atoms with Crippen molar-refractivity contribution < 1.29 is 13.2 Å². The van der Waals surface area contributed by atoms with Crippen molar-refractivity contribution in [1.29, 1.82) is 0 Å². The van der Waals surface area contributed by atoms with Gasteiger partial charge in [-0.25, -0.2) is 0 Å². The Hall–Kier alpha value is -1.82. The molecule has 0 amide bonds. The summed E-state index contributed by atoms with van der Waals surface area (Å²) in [6.45, 7) is 0.974. The highest BCUT2D eigenvalue weighted by molar-refractivity contribution is 5.15. The molecule has 6 heteroatoms. The Bertz CT molecular complexity index is 520. The van der Waals surface area contributed by atoms with Gasteiger partial charge in [-0.05, 0) is 5.56 Å². The Morgan fingerprint density at radius 2 is 1.85 bits per heavy atom. The number of aromatic nitrogens is 2. The molecule has 0 spiro atoms. The van der Waals surface area contributed by atoms with Crippen molar-refractivity contribution in [2.75, 3.05) is 6.54 Å². The molecule has 1 N–H and O–H groups in total. The molecule has 0 aliphatic rings. The van der Waals surface area contributed by atoms with Gasteiger partial charge in [-0.1, -0.05) is 30.3 Å². The maximum Gasteiger partial charge on any atom is 0.390 e. The van der Waals surface area contributed by atoms with Gasteiger partial charge in [0, 0.05) is 24.8 Å². The minimum absolute atomic E-state index is 0.0760. The van der Waals surface area contributed by atoms with Gasteiger partial charge in [-0.15, -0.1) is 0 Å². The maximum atomic E-state index is 12.0. The van der Waals surface area contributed by atoms with Crippen molar-refractivity contribution >= 4 is 0 Å². The first-order chi connectivity index (χ1) is 9.53. The van der Waals surface area contributed by atoms with Crippen molar-refractivity contribution in [3.63, 3.8) is 0 Å². The van der Waals surface area contributed by atoms with E-state index in [-0.39, 0.29) is 6.54 Å². The Kier molecular flexibility index (Phi) is 4.79. The Balaban J connectivity index is 1.78. The minimum atomic E-state index is -4.11. The summed E-state index contributed by atoms with van der Waals surface area (Å²) in [6.07, 6.45) is -1.41. The molecule has 0 saturated carbocycles. The van der Waals surface area contributed by atoms with Crippen LogP contribution in [0.25, 0.3) is 0 Å². The molecule has 0 fully saturated rings. The van der Waals surface area contributed by atoms with Gasteiger partial charge in [0.1, 0.15) is 0 Å². The van der Waals surface area contributed by atoms with Crippen LogP contribution in [0.4, 0.5) is 13.2 Å². The average molecular weight is 283 g/mol. The van der Waals surface area contributed by atoms with Crippen molar-refractivity contribution in [1.82, 2.24) is 15.1 Å². The summed E-state index contributed by atoms with van der Waals surface area (Å²) in [7, 11) is 0. The van der Waals surface area contributed by atoms with Gasteiger partial charge < -0.3 is 5.32 Å². The third-order valence-corrected chi connectivity index (χ3v) is 2.79. The summed E-state index contributed by atoms with van der Waals surface area (Å²) >= 11 is 0. The summed E-state index contributed by atoms with van der Waals surface area (Å²) in [4.78, 5) is 0. The molecule has 2 rings (SSSR count). The summed E-state index contributed by atoms with van der Waals surface area (Å²) in [6, 6.07) is 9.87. The second-order valence-electron chi connectivity index (χ2n) is 4.57. The fraction of sp³-hybridized carbons (Fsp3) is 0.357. The van der Waals surface area contributed by atoms with E-state index in [0.717, 1.165) is 11.1 Å². The normalized spacial score (nSPS) is 11.8. The zero-order valence-corrected chi connectivity index (χ0v) is 10.9. The first kappa shape index (κ1) is 14.6. The molecule has 108 valence electrons. The summed E-state index contributed by atoms with van der Waals surface area (Å²) in [5.41, 5.74) is 2.01. The molecule has 1 aromatic heterocycles. The van der Waals surface area contributed by atoms with E-state index in [1.165, 1.54) is 0 Å². The van der Waals surface area contributed by atoms with Crippen molar-refractivity contribution in [3.8, 4) is 0 Å². The third kappa shape index (κ3) is 5.05. The number of benzene rings is 1. The largest absolute Gasteiger partial charge is 0.390 e. The van der Waals surface area contributed by atoms with Gasteiger partial charge in [0.2, 0.25) is 0 Å². The number of hydrogen-bond acceptors (Lipinski definition) is 2. The predicted molar refractivity (Wildman–Crippen MR) is 70.1 cm³/mol. The smallest absolute Gasteiger partial charge is 0.312 e. The Morgan fingerprint density at radius 1 is 1.10 bits per heavy atom. The van der Waals surface area contributed by atoms with Gasteiger partial charge in [0.05, 0.1) is 19.2 Å². The monoisotopic (exact) mass is 283 g/mol. The highest BCUT2D eigenvalue weighted by Crippen LogP contribution is 2.18. The number of hydrogen-bond donors (Lipinski definition) is 1. The molecular weight excluding hydrogens is 267 g/mol. The van der Waals surface area contributed by atoms with E-state index >= 15 is 0 Å². The zero-order chi connectivity index (χ0) is 14.4. The third-order valence-electron chi connectivity index (χ3n) is 2.79. The van der Waals surface area contributed by atoms with Crippen LogP contribution in [0.15, 0.2) is 42.7 Å². The van der Waals surface area contributed by atoms with Gasteiger partial charge >= 0.3 is 6.18 Å². The lowest BCUT2D eigenvalue weighted by Crippen LogP contribution is -2.21. The van der Waals surface area contributed by atoms with E-state index in [4.69, 9.17) is 0 Å². The average Bonchev–Trinajstić information content (AvgIpc) is 2.82. The van der Waals surface area contributed by atoms with E-state index in [1.807, 2.05) is 36.5 Å². The molecule has 2 aromatic rings. The number of nitrogens with one attached hydrogen (secondary N) is 1. The van der Waals surface area contributed by atoms with Gasteiger partial charge in [0.25, 0.3) is 0 Å². The van der Waals surface area contributed by atoms with Crippen LogP contribution < -0.4 is 5.32 Å². The quantitative estimate of drug-likeness (QED) is 0.826. The van der Waals surface area contributed by atoms with Crippen LogP contribution in [0.1, 0.15) is 17.5 Å². The summed E-state index contributed by atoms with van der Waals surface area (Å²) in [5.74, 6) is 0. The fourth-order valence-corrected chi connectivity index (χ4v) is 1.82. The molecule has 0 saturated heterocycles. The highest BCUT2D eigenvalue weighted by Gasteiger charge is 2.25. The molecule has 1 aromatic carbocycles. The second kappa shape index (κ2) is 6.56. The van der Waals surface area contributed by atoms with Crippen LogP contribution in [-0.4, -0.2) is 22.5 Å². The van der Waals surface area contributed by atoms with E-state index < -0.39 is 12.6 Å². The molecule has 0 atom stereocenters. The van der Waals surface area contributed by atoms with Gasteiger partial charge in [-0.3, -0.25) is 4.68 Å². The van der Waals surface area contributed by atoms with E-state index in [0.29, 0.717) is 13.1 Å². The minimum Gasteiger partial charge on any atom is -0.312 e. The standard InChI is InChI=1S/C14H16F3N3/c15-14(16,17)6-7-18-8-13-9-19-20(11-13)10-12-4-2-1-3-5-12/h1-5,9,11,18H,6-8,10H2. The lowest BCUT2D eigenvalue weighted by molar-refractivity contribution is -0.133. The van der Waals surface area contributed by atoms with E-state index in [1.54, 1.807) is 10.9 Å². The molecule has 0 aliphatic carbocycles. The van der Waals surface area contributed by atoms with Crippen molar-refractivity contribution in [2.45, 2.75) is 25.7 Å². The van der Waals surface area contributed by atoms with Crippen LogP contribution in [0, 0.1) is 0 Å². The topological polar surface area (TPSA) is 29.9 Å². The molecule has 0 radical (unpaired) electrons. The first-order valence-corrected chi connectivity index (χ1v) is 6.36. The lowest BCUT2D eigenvalue weighted by Gasteiger charge is -2.06. The predicted octanol–water partition coefficient (Wildman–Crippen LogP) is 2.97. The maximum absolute atomic E-state index is 12.0. The Morgan fingerprint density at radius 3 is 2.55 bits per heavy atom. The zero-order valence-electron chi connectivity index (χ0n) is 10.9. The number of halogens is 3. The molecular formula is C14H16F3N3. The summed E-state index contributed by atoms with van der Waals surface area (Å²) < 4.78 is 37.7. The second-order valence-corrected chi connectivity index (χ2v) is 4.57. The molecule has 1 heterocycles. The number of rotatable bonds is 6. The van der Waals surface area contributed by atoms with Crippen LogP contribution in [0.2, 0.25) is 0 Å².